The molecule has 28 heavy (non-hydrogen) atoms. The van der Waals surface area contributed by atoms with Gasteiger partial charge in [-0.25, -0.2) is 9.67 Å². The van der Waals surface area contributed by atoms with Crippen LogP contribution < -0.4 is 5.32 Å². The second kappa shape index (κ2) is 7.88. The van der Waals surface area contributed by atoms with Gasteiger partial charge in [-0.3, -0.25) is 4.79 Å². The molecule has 1 amide bonds. The average Bonchev–Trinajstić information content (AvgIpc) is 3.19. The Morgan fingerprint density at radius 3 is 2.25 bits per heavy atom. The van der Waals surface area contributed by atoms with Gasteiger partial charge in [0, 0.05) is 12.1 Å². The fourth-order valence-electron chi connectivity index (χ4n) is 3.01. The van der Waals surface area contributed by atoms with Crippen LogP contribution >= 0.6 is 0 Å². The van der Waals surface area contributed by atoms with E-state index >= 15 is 0 Å². The zero-order valence-corrected chi connectivity index (χ0v) is 15.5. The number of nitrogens with one attached hydrogen (secondary N) is 1. The molecule has 0 radical (unpaired) electrons. The van der Waals surface area contributed by atoms with Gasteiger partial charge >= 0.3 is 0 Å². The summed E-state index contributed by atoms with van der Waals surface area (Å²) in [6, 6.07) is 27.5. The van der Waals surface area contributed by atoms with Crippen molar-refractivity contribution in [3.05, 3.63) is 102 Å². The summed E-state index contributed by atoms with van der Waals surface area (Å²) < 4.78 is 1.74. The predicted octanol–water partition coefficient (Wildman–Crippen LogP) is 4.17. The van der Waals surface area contributed by atoms with E-state index in [9.17, 15) is 4.79 Å². The first-order valence-electron chi connectivity index (χ1n) is 9.13. The molecule has 0 saturated carbocycles. The first-order chi connectivity index (χ1) is 13.7. The lowest BCUT2D eigenvalue weighted by Crippen LogP contribution is -2.24. The molecule has 0 bridgehead atoms. The molecular weight excluding hydrogens is 348 g/mol. The predicted molar refractivity (Wildman–Crippen MR) is 109 cm³/mol. The summed E-state index contributed by atoms with van der Waals surface area (Å²) in [7, 11) is 0. The number of nitrogens with zero attached hydrogens (tertiary/aromatic N) is 3. The fourth-order valence-corrected chi connectivity index (χ4v) is 3.01. The average molecular weight is 368 g/mol. The Kier molecular flexibility index (Phi) is 4.97. The molecule has 1 N–H and O–H groups in total. The molecule has 3 aromatic carbocycles. The molecule has 0 aliphatic carbocycles. The molecule has 4 rings (SSSR count). The molecule has 0 unspecified atom stereocenters. The second-order valence-electron chi connectivity index (χ2n) is 6.49. The number of carbonyl (C=O) groups is 1. The van der Waals surface area contributed by atoms with E-state index in [1.165, 1.54) is 0 Å². The second-order valence-corrected chi connectivity index (χ2v) is 6.49. The summed E-state index contributed by atoms with van der Waals surface area (Å²) >= 11 is 0. The van der Waals surface area contributed by atoms with Gasteiger partial charge in [-0.05, 0) is 24.1 Å². The van der Waals surface area contributed by atoms with E-state index in [1.54, 1.807) is 4.68 Å². The highest BCUT2D eigenvalue weighted by Crippen LogP contribution is 2.23. The molecular formula is C23H20N4O. The minimum absolute atomic E-state index is 0.151. The van der Waals surface area contributed by atoms with Crippen molar-refractivity contribution in [1.29, 1.82) is 0 Å². The van der Waals surface area contributed by atoms with Gasteiger partial charge in [0.05, 0.1) is 5.69 Å². The number of benzene rings is 3. The SMILES string of the molecule is Cc1ccccc1-n1nc(C(=O)NCc2ccccc2)nc1-c1ccccc1. The van der Waals surface area contributed by atoms with Crippen LogP contribution in [0.3, 0.4) is 0 Å². The molecule has 4 aromatic rings. The maximum absolute atomic E-state index is 12.7. The largest absolute Gasteiger partial charge is 0.345 e. The number of para-hydroxylation sites is 1. The van der Waals surface area contributed by atoms with E-state index < -0.39 is 0 Å². The normalized spacial score (nSPS) is 10.6. The van der Waals surface area contributed by atoms with Crippen molar-refractivity contribution in [1.82, 2.24) is 20.1 Å². The summed E-state index contributed by atoms with van der Waals surface area (Å²) in [5.74, 6) is 0.492. The van der Waals surface area contributed by atoms with Crippen LogP contribution in [-0.2, 0) is 6.54 Å². The first kappa shape index (κ1) is 17.7. The van der Waals surface area contributed by atoms with Crippen molar-refractivity contribution in [2.24, 2.45) is 0 Å². The van der Waals surface area contributed by atoms with E-state index in [-0.39, 0.29) is 11.7 Å². The quantitative estimate of drug-likeness (QED) is 0.575. The van der Waals surface area contributed by atoms with Crippen LogP contribution in [0, 0.1) is 6.92 Å². The smallest absolute Gasteiger partial charge is 0.291 e. The topological polar surface area (TPSA) is 59.8 Å². The Morgan fingerprint density at radius 2 is 1.54 bits per heavy atom. The van der Waals surface area contributed by atoms with E-state index in [0.29, 0.717) is 12.4 Å². The zero-order valence-electron chi connectivity index (χ0n) is 15.5. The molecule has 0 fully saturated rings. The number of hydrogen-bond acceptors (Lipinski definition) is 3. The van der Waals surface area contributed by atoms with E-state index in [0.717, 1.165) is 22.4 Å². The minimum Gasteiger partial charge on any atom is -0.345 e. The first-order valence-corrected chi connectivity index (χ1v) is 9.13. The molecule has 0 aliphatic rings. The van der Waals surface area contributed by atoms with Gasteiger partial charge in [0.25, 0.3) is 5.91 Å². The van der Waals surface area contributed by atoms with Crippen molar-refractivity contribution in [3.8, 4) is 17.1 Å². The van der Waals surface area contributed by atoms with Gasteiger partial charge in [0.15, 0.2) is 5.82 Å². The Balaban J connectivity index is 1.69. The van der Waals surface area contributed by atoms with Crippen LogP contribution in [0.5, 0.6) is 0 Å². The van der Waals surface area contributed by atoms with E-state index in [1.807, 2.05) is 91.9 Å². The Morgan fingerprint density at radius 1 is 0.893 bits per heavy atom. The van der Waals surface area contributed by atoms with Crippen LogP contribution in [0.25, 0.3) is 17.1 Å². The lowest BCUT2D eigenvalue weighted by molar-refractivity contribution is 0.0940. The van der Waals surface area contributed by atoms with Crippen molar-refractivity contribution in [3.63, 3.8) is 0 Å². The molecule has 1 aromatic heterocycles. The lowest BCUT2D eigenvalue weighted by Gasteiger charge is -2.08. The van der Waals surface area contributed by atoms with Crippen molar-refractivity contribution < 1.29 is 4.79 Å². The third kappa shape index (κ3) is 3.69. The molecule has 0 saturated heterocycles. The molecule has 0 atom stereocenters. The van der Waals surface area contributed by atoms with Gasteiger partial charge in [-0.15, -0.1) is 5.10 Å². The summed E-state index contributed by atoms with van der Waals surface area (Å²) in [5, 5.41) is 7.42. The number of rotatable bonds is 5. The van der Waals surface area contributed by atoms with Gasteiger partial charge in [0.2, 0.25) is 5.82 Å². The number of carbonyl (C=O) groups excluding carboxylic acids is 1. The van der Waals surface area contributed by atoms with Crippen LogP contribution in [0.1, 0.15) is 21.7 Å². The Labute approximate surface area is 163 Å². The maximum Gasteiger partial charge on any atom is 0.291 e. The van der Waals surface area contributed by atoms with Crippen LogP contribution in [0.15, 0.2) is 84.9 Å². The van der Waals surface area contributed by atoms with Crippen LogP contribution in [0.4, 0.5) is 0 Å². The van der Waals surface area contributed by atoms with Gasteiger partial charge in [0.1, 0.15) is 0 Å². The molecule has 138 valence electrons. The summed E-state index contributed by atoms with van der Waals surface area (Å²) in [6.45, 7) is 2.44. The van der Waals surface area contributed by atoms with Gasteiger partial charge in [-0.2, -0.15) is 0 Å². The van der Waals surface area contributed by atoms with Gasteiger partial charge in [-0.1, -0.05) is 78.9 Å². The van der Waals surface area contributed by atoms with Crippen molar-refractivity contribution in [2.75, 3.05) is 0 Å². The highest BCUT2D eigenvalue weighted by molar-refractivity contribution is 5.91. The number of amides is 1. The molecule has 1 heterocycles. The third-order valence-corrected chi connectivity index (χ3v) is 4.48. The fraction of sp³-hybridized carbons (Fsp3) is 0.0870. The van der Waals surface area contributed by atoms with Crippen LogP contribution in [0.2, 0.25) is 0 Å². The summed E-state index contributed by atoms with van der Waals surface area (Å²) in [5.41, 5.74) is 3.88. The number of aromatic nitrogens is 3. The summed E-state index contributed by atoms with van der Waals surface area (Å²) in [6.07, 6.45) is 0. The Hall–Kier alpha value is -3.73. The maximum atomic E-state index is 12.7. The third-order valence-electron chi connectivity index (χ3n) is 4.48. The highest BCUT2D eigenvalue weighted by atomic mass is 16.2. The van der Waals surface area contributed by atoms with Crippen molar-refractivity contribution >= 4 is 5.91 Å². The van der Waals surface area contributed by atoms with E-state index in [2.05, 4.69) is 15.4 Å². The van der Waals surface area contributed by atoms with E-state index in [4.69, 9.17) is 0 Å². The Bertz CT molecular complexity index is 1090. The summed E-state index contributed by atoms with van der Waals surface area (Å²) in [4.78, 5) is 17.2. The van der Waals surface area contributed by atoms with Crippen molar-refractivity contribution in [2.45, 2.75) is 13.5 Å². The highest BCUT2D eigenvalue weighted by Gasteiger charge is 2.19. The molecule has 0 aliphatic heterocycles. The standard InChI is InChI=1S/C23H20N4O/c1-17-10-8-9-15-20(17)27-22(19-13-6-3-7-14-19)25-21(26-27)23(28)24-16-18-11-4-2-5-12-18/h2-15H,16H2,1H3,(H,24,28). The van der Waals surface area contributed by atoms with Crippen LogP contribution in [-0.4, -0.2) is 20.7 Å². The van der Waals surface area contributed by atoms with Gasteiger partial charge < -0.3 is 5.32 Å². The number of hydrogen-bond donors (Lipinski definition) is 1. The molecule has 5 heteroatoms. The molecule has 0 spiro atoms. The zero-order chi connectivity index (χ0) is 19.3. The molecule has 5 nitrogen and oxygen atoms in total. The minimum atomic E-state index is -0.298. The number of aryl methyl sites for hydroxylation is 1. The lowest BCUT2D eigenvalue weighted by atomic mass is 10.2. The monoisotopic (exact) mass is 368 g/mol.